The van der Waals surface area contributed by atoms with Gasteiger partial charge in [-0.05, 0) is 19.3 Å². The standard InChI is InChI=1S/C12H22N2O2/c1-2-10-8-14(6-5-12(10)13-15)9-11-4-3-7-16-11/h10-11,15H,2-9H2,1H3. The van der Waals surface area contributed by atoms with E-state index in [1.807, 2.05) is 0 Å². The maximum Gasteiger partial charge on any atom is 0.0702 e. The van der Waals surface area contributed by atoms with Crippen molar-refractivity contribution in [2.45, 2.75) is 38.7 Å². The molecule has 92 valence electrons. The summed E-state index contributed by atoms with van der Waals surface area (Å²) in [6.45, 7) is 6.17. The van der Waals surface area contributed by atoms with Crippen LogP contribution in [0.5, 0.6) is 0 Å². The van der Waals surface area contributed by atoms with Crippen LogP contribution in [-0.2, 0) is 4.74 Å². The number of ether oxygens (including phenoxy) is 1. The molecule has 2 unspecified atom stereocenters. The SMILES string of the molecule is CCC1CN(CC2CCCO2)CCC1=NO. The number of rotatable bonds is 3. The van der Waals surface area contributed by atoms with Gasteiger partial charge in [0.25, 0.3) is 0 Å². The van der Waals surface area contributed by atoms with E-state index < -0.39 is 0 Å². The molecule has 2 heterocycles. The van der Waals surface area contributed by atoms with E-state index in [1.165, 1.54) is 12.8 Å². The topological polar surface area (TPSA) is 45.1 Å². The fraction of sp³-hybridized carbons (Fsp3) is 0.917. The van der Waals surface area contributed by atoms with E-state index in [1.54, 1.807) is 0 Å². The Bertz CT molecular complexity index is 249. The molecule has 4 heteroatoms. The summed E-state index contributed by atoms with van der Waals surface area (Å²) < 4.78 is 5.66. The van der Waals surface area contributed by atoms with Crippen LogP contribution in [0, 0.1) is 5.92 Å². The second-order valence-corrected chi connectivity index (χ2v) is 4.84. The highest BCUT2D eigenvalue weighted by molar-refractivity contribution is 5.87. The molecule has 2 atom stereocenters. The van der Waals surface area contributed by atoms with Crippen LogP contribution in [-0.4, -0.2) is 48.2 Å². The summed E-state index contributed by atoms with van der Waals surface area (Å²) in [5.74, 6) is 0.431. The molecular weight excluding hydrogens is 204 g/mol. The van der Waals surface area contributed by atoms with Crippen molar-refractivity contribution >= 4 is 5.71 Å². The fourth-order valence-electron chi connectivity index (χ4n) is 2.72. The van der Waals surface area contributed by atoms with Crippen molar-refractivity contribution in [3.8, 4) is 0 Å². The summed E-state index contributed by atoms with van der Waals surface area (Å²) in [4.78, 5) is 2.46. The van der Waals surface area contributed by atoms with E-state index in [0.717, 1.165) is 44.8 Å². The van der Waals surface area contributed by atoms with Gasteiger partial charge in [-0.2, -0.15) is 0 Å². The number of oxime groups is 1. The number of likely N-dealkylation sites (tertiary alicyclic amines) is 1. The van der Waals surface area contributed by atoms with Crippen molar-refractivity contribution in [1.29, 1.82) is 0 Å². The van der Waals surface area contributed by atoms with Crippen molar-refractivity contribution in [2.24, 2.45) is 11.1 Å². The van der Waals surface area contributed by atoms with Gasteiger partial charge in [0.1, 0.15) is 0 Å². The van der Waals surface area contributed by atoms with E-state index >= 15 is 0 Å². The quantitative estimate of drug-likeness (QED) is 0.589. The normalized spacial score (nSPS) is 34.7. The molecule has 16 heavy (non-hydrogen) atoms. The van der Waals surface area contributed by atoms with Crippen LogP contribution in [0.15, 0.2) is 5.16 Å². The lowest BCUT2D eigenvalue weighted by Gasteiger charge is -2.34. The average Bonchev–Trinajstić information content (AvgIpc) is 2.81. The number of piperidine rings is 1. The van der Waals surface area contributed by atoms with Gasteiger partial charge in [-0.1, -0.05) is 12.1 Å². The van der Waals surface area contributed by atoms with Crippen LogP contribution in [0.1, 0.15) is 32.6 Å². The second-order valence-electron chi connectivity index (χ2n) is 4.84. The number of hydrogen-bond acceptors (Lipinski definition) is 4. The highest BCUT2D eigenvalue weighted by Crippen LogP contribution is 2.20. The fourth-order valence-corrected chi connectivity index (χ4v) is 2.72. The first-order valence-electron chi connectivity index (χ1n) is 6.38. The maximum atomic E-state index is 8.91. The molecule has 0 radical (unpaired) electrons. The van der Waals surface area contributed by atoms with Crippen molar-refractivity contribution in [3.05, 3.63) is 0 Å². The third kappa shape index (κ3) is 2.74. The minimum Gasteiger partial charge on any atom is -0.411 e. The molecule has 0 aliphatic carbocycles. The largest absolute Gasteiger partial charge is 0.411 e. The monoisotopic (exact) mass is 226 g/mol. The third-order valence-corrected chi connectivity index (χ3v) is 3.74. The molecule has 0 amide bonds. The molecule has 0 bridgehead atoms. The first-order chi connectivity index (χ1) is 7.83. The average molecular weight is 226 g/mol. The predicted octanol–water partition coefficient (Wildman–Crippen LogP) is 1.73. The maximum absolute atomic E-state index is 8.91. The van der Waals surface area contributed by atoms with E-state index in [9.17, 15) is 0 Å². The van der Waals surface area contributed by atoms with Crippen LogP contribution in [0.2, 0.25) is 0 Å². The first kappa shape index (κ1) is 11.9. The molecule has 4 nitrogen and oxygen atoms in total. The van der Waals surface area contributed by atoms with Crippen molar-refractivity contribution in [3.63, 3.8) is 0 Å². The smallest absolute Gasteiger partial charge is 0.0702 e. The van der Waals surface area contributed by atoms with Crippen molar-refractivity contribution in [2.75, 3.05) is 26.2 Å². The molecule has 0 aromatic heterocycles. The minimum absolute atomic E-state index is 0.431. The Morgan fingerprint density at radius 1 is 1.56 bits per heavy atom. The number of hydrogen-bond donors (Lipinski definition) is 1. The van der Waals surface area contributed by atoms with Gasteiger partial charge in [-0.25, -0.2) is 0 Å². The zero-order valence-electron chi connectivity index (χ0n) is 10.1. The lowest BCUT2D eigenvalue weighted by Crippen LogP contribution is -2.43. The Morgan fingerprint density at radius 3 is 3.06 bits per heavy atom. The lowest BCUT2D eigenvalue weighted by molar-refractivity contribution is 0.0676. The van der Waals surface area contributed by atoms with Gasteiger partial charge in [-0.3, -0.25) is 4.90 Å². The Morgan fingerprint density at radius 2 is 2.44 bits per heavy atom. The third-order valence-electron chi connectivity index (χ3n) is 3.74. The van der Waals surface area contributed by atoms with Gasteiger partial charge in [0, 0.05) is 38.6 Å². The zero-order chi connectivity index (χ0) is 11.4. The van der Waals surface area contributed by atoms with Crippen LogP contribution in [0.25, 0.3) is 0 Å². The summed E-state index contributed by atoms with van der Waals surface area (Å²) in [6, 6.07) is 0. The Balaban J connectivity index is 1.84. The second kappa shape index (κ2) is 5.64. The van der Waals surface area contributed by atoms with Crippen LogP contribution in [0.4, 0.5) is 0 Å². The highest BCUT2D eigenvalue weighted by atomic mass is 16.5. The molecular formula is C12H22N2O2. The van der Waals surface area contributed by atoms with Gasteiger partial charge in [0.2, 0.25) is 0 Å². The summed E-state index contributed by atoms with van der Waals surface area (Å²) >= 11 is 0. The van der Waals surface area contributed by atoms with Gasteiger partial charge < -0.3 is 9.94 Å². The van der Waals surface area contributed by atoms with E-state index in [0.29, 0.717) is 12.0 Å². The molecule has 2 saturated heterocycles. The summed E-state index contributed by atoms with van der Waals surface area (Å²) in [6.07, 6.45) is 4.81. The lowest BCUT2D eigenvalue weighted by atomic mass is 9.93. The Kier molecular flexibility index (Phi) is 4.18. The first-order valence-corrected chi connectivity index (χ1v) is 6.38. The van der Waals surface area contributed by atoms with Gasteiger partial charge in [0.05, 0.1) is 11.8 Å². The molecule has 0 spiro atoms. The van der Waals surface area contributed by atoms with Crippen LogP contribution in [0.3, 0.4) is 0 Å². The zero-order valence-corrected chi connectivity index (χ0v) is 10.1. The van der Waals surface area contributed by atoms with Crippen molar-refractivity contribution < 1.29 is 9.94 Å². The summed E-state index contributed by atoms with van der Waals surface area (Å²) in [5.41, 5.74) is 0.978. The highest BCUT2D eigenvalue weighted by Gasteiger charge is 2.27. The van der Waals surface area contributed by atoms with E-state index in [2.05, 4.69) is 17.0 Å². The minimum atomic E-state index is 0.431. The molecule has 2 rings (SSSR count). The molecule has 2 aliphatic rings. The molecule has 1 N–H and O–H groups in total. The summed E-state index contributed by atoms with van der Waals surface area (Å²) in [5, 5.41) is 12.3. The number of nitrogens with zero attached hydrogens (tertiary/aromatic N) is 2. The predicted molar refractivity (Wildman–Crippen MR) is 63.0 cm³/mol. The van der Waals surface area contributed by atoms with Crippen LogP contribution >= 0.6 is 0 Å². The van der Waals surface area contributed by atoms with E-state index in [-0.39, 0.29) is 0 Å². The Hall–Kier alpha value is -0.610. The van der Waals surface area contributed by atoms with Crippen LogP contribution < -0.4 is 0 Å². The van der Waals surface area contributed by atoms with E-state index in [4.69, 9.17) is 9.94 Å². The molecule has 2 aliphatic heterocycles. The molecule has 0 aromatic carbocycles. The molecule has 0 aromatic rings. The van der Waals surface area contributed by atoms with Gasteiger partial charge in [0.15, 0.2) is 0 Å². The summed E-state index contributed by atoms with van der Waals surface area (Å²) in [7, 11) is 0. The van der Waals surface area contributed by atoms with Crippen molar-refractivity contribution in [1.82, 2.24) is 4.90 Å². The van der Waals surface area contributed by atoms with Gasteiger partial charge >= 0.3 is 0 Å². The Labute approximate surface area is 97.3 Å². The molecule has 0 saturated carbocycles. The van der Waals surface area contributed by atoms with Gasteiger partial charge in [-0.15, -0.1) is 0 Å². The molecule has 2 fully saturated rings.